The lowest BCUT2D eigenvalue weighted by Crippen LogP contribution is -2.81. The number of hydrogen-bond acceptors (Lipinski definition) is 4. The topological polar surface area (TPSA) is 65.0 Å². The SMILES string of the molecule is CC(C(=O)O)C12OC(C)(O1)O2. The summed E-state index contributed by atoms with van der Waals surface area (Å²) in [4.78, 5) is 10.4. The summed E-state index contributed by atoms with van der Waals surface area (Å²) in [5.41, 5.74) is 0. The van der Waals surface area contributed by atoms with Gasteiger partial charge >= 0.3 is 11.9 Å². The molecule has 3 aliphatic heterocycles. The third-order valence-corrected chi connectivity index (χ3v) is 1.88. The van der Waals surface area contributed by atoms with Crippen molar-refractivity contribution in [2.24, 2.45) is 5.92 Å². The molecule has 3 rings (SSSR count). The highest BCUT2D eigenvalue weighted by atomic mass is 17.2. The summed E-state index contributed by atoms with van der Waals surface area (Å²) in [6.07, 6.45) is 0. The van der Waals surface area contributed by atoms with Crippen molar-refractivity contribution >= 4 is 5.97 Å². The van der Waals surface area contributed by atoms with E-state index < -0.39 is 23.8 Å². The fourth-order valence-corrected chi connectivity index (χ4v) is 1.21. The van der Waals surface area contributed by atoms with E-state index in [2.05, 4.69) is 0 Å². The number of hydrogen-bond donors (Lipinski definition) is 1. The van der Waals surface area contributed by atoms with Gasteiger partial charge in [0.15, 0.2) is 0 Å². The zero-order valence-electron chi connectivity index (χ0n) is 6.16. The van der Waals surface area contributed by atoms with Crippen LogP contribution in [0.2, 0.25) is 0 Å². The molecule has 0 radical (unpaired) electrons. The van der Waals surface area contributed by atoms with Crippen LogP contribution < -0.4 is 0 Å². The van der Waals surface area contributed by atoms with E-state index in [-0.39, 0.29) is 0 Å². The molecule has 1 unspecified atom stereocenters. The van der Waals surface area contributed by atoms with Crippen LogP contribution in [0.1, 0.15) is 13.8 Å². The molecule has 0 saturated carbocycles. The Balaban J connectivity index is 2.04. The Labute approximate surface area is 62.8 Å². The largest absolute Gasteiger partial charge is 0.481 e. The second kappa shape index (κ2) is 1.57. The van der Waals surface area contributed by atoms with Gasteiger partial charge in [0, 0.05) is 6.92 Å². The molecule has 0 amide bonds. The number of carbonyl (C=O) groups is 1. The lowest BCUT2D eigenvalue weighted by Gasteiger charge is -2.65. The van der Waals surface area contributed by atoms with E-state index in [1.165, 1.54) is 6.92 Å². The predicted molar refractivity (Wildman–Crippen MR) is 31.2 cm³/mol. The smallest absolute Gasteiger partial charge is 0.314 e. The van der Waals surface area contributed by atoms with Crippen molar-refractivity contribution in [3.63, 3.8) is 0 Å². The van der Waals surface area contributed by atoms with Gasteiger partial charge in [0.25, 0.3) is 5.97 Å². The summed E-state index contributed by atoms with van der Waals surface area (Å²) in [6, 6.07) is 0. The highest BCUT2D eigenvalue weighted by Gasteiger charge is 2.76. The van der Waals surface area contributed by atoms with E-state index in [4.69, 9.17) is 19.3 Å². The molecule has 3 fully saturated rings. The number of rotatable bonds is 2. The molecule has 5 nitrogen and oxygen atoms in total. The van der Waals surface area contributed by atoms with Crippen molar-refractivity contribution in [1.29, 1.82) is 0 Å². The number of carboxylic acid groups (broad SMARTS) is 1. The predicted octanol–water partition coefficient (Wildman–Crippen LogP) is 0.112. The first-order valence-corrected chi connectivity index (χ1v) is 3.31. The Morgan fingerprint density at radius 2 is 1.91 bits per heavy atom. The van der Waals surface area contributed by atoms with Crippen molar-refractivity contribution < 1.29 is 24.1 Å². The number of carboxylic acids is 1. The molecule has 0 aromatic heterocycles. The minimum atomic E-state index is -1.29. The molecule has 1 atom stereocenters. The Morgan fingerprint density at radius 1 is 1.45 bits per heavy atom. The second-order valence-electron chi connectivity index (χ2n) is 2.83. The van der Waals surface area contributed by atoms with Crippen LogP contribution >= 0.6 is 0 Å². The maximum atomic E-state index is 10.4. The highest BCUT2D eigenvalue weighted by Crippen LogP contribution is 2.57. The average Bonchev–Trinajstić information content (AvgIpc) is 1.77. The molecule has 3 heterocycles. The standard InChI is InChI=1S/C6H8O5/c1-3(4(7)8)6-9-5(2,10-6)11-6/h3H,1-2H3,(H,7,8). The van der Waals surface area contributed by atoms with Crippen LogP contribution in [0.4, 0.5) is 0 Å². The van der Waals surface area contributed by atoms with Gasteiger partial charge in [-0.2, -0.15) is 0 Å². The van der Waals surface area contributed by atoms with Crippen molar-refractivity contribution in [1.82, 2.24) is 0 Å². The van der Waals surface area contributed by atoms with Crippen molar-refractivity contribution in [3.8, 4) is 0 Å². The minimum Gasteiger partial charge on any atom is -0.481 e. The summed E-state index contributed by atoms with van der Waals surface area (Å²) >= 11 is 0. The zero-order valence-corrected chi connectivity index (χ0v) is 6.16. The Morgan fingerprint density at radius 3 is 2.18 bits per heavy atom. The number of ether oxygens (including phenoxy) is 3. The van der Waals surface area contributed by atoms with E-state index in [9.17, 15) is 4.79 Å². The van der Waals surface area contributed by atoms with E-state index in [0.29, 0.717) is 0 Å². The van der Waals surface area contributed by atoms with Crippen molar-refractivity contribution in [2.45, 2.75) is 25.8 Å². The molecular weight excluding hydrogens is 152 g/mol. The molecular formula is C6H8O5. The zero-order chi connectivity index (χ0) is 8.28. The summed E-state index contributed by atoms with van der Waals surface area (Å²) in [6.45, 7) is 3.06. The van der Waals surface area contributed by atoms with E-state index in [1.54, 1.807) is 6.92 Å². The van der Waals surface area contributed by atoms with Crippen LogP contribution in [0.15, 0.2) is 0 Å². The van der Waals surface area contributed by atoms with Gasteiger partial charge in [0.1, 0.15) is 5.92 Å². The Kier molecular flexibility index (Phi) is 1.01. The maximum Gasteiger partial charge on any atom is 0.314 e. The molecule has 3 aliphatic rings. The molecule has 2 bridgehead atoms. The van der Waals surface area contributed by atoms with Gasteiger partial charge in [-0.3, -0.25) is 19.0 Å². The fourth-order valence-electron chi connectivity index (χ4n) is 1.21. The van der Waals surface area contributed by atoms with Crippen molar-refractivity contribution in [2.75, 3.05) is 0 Å². The Hall–Kier alpha value is -0.650. The van der Waals surface area contributed by atoms with Crippen LogP contribution in [0.5, 0.6) is 0 Å². The third kappa shape index (κ3) is 0.675. The quantitative estimate of drug-likeness (QED) is 0.621. The monoisotopic (exact) mass is 160 g/mol. The summed E-state index contributed by atoms with van der Waals surface area (Å²) in [7, 11) is 0. The van der Waals surface area contributed by atoms with Gasteiger partial charge in [0.05, 0.1) is 0 Å². The fraction of sp³-hybridized carbons (Fsp3) is 0.833. The molecule has 11 heavy (non-hydrogen) atoms. The van der Waals surface area contributed by atoms with E-state index in [0.717, 1.165) is 0 Å². The molecule has 0 aliphatic carbocycles. The molecule has 0 aromatic rings. The average molecular weight is 160 g/mol. The molecule has 0 spiro atoms. The molecule has 1 N–H and O–H groups in total. The summed E-state index contributed by atoms with van der Waals surface area (Å²) in [5, 5.41) is 8.55. The maximum absolute atomic E-state index is 10.4. The normalized spacial score (nSPS) is 48.9. The lowest BCUT2D eigenvalue weighted by atomic mass is 10.1. The van der Waals surface area contributed by atoms with Crippen LogP contribution in [0, 0.1) is 5.92 Å². The van der Waals surface area contributed by atoms with E-state index >= 15 is 0 Å². The van der Waals surface area contributed by atoms with Gasteiger partial charge < -0.3 is 5.11 Å². The van der Waals surface area contributed by atoms with Crippen LogP contribution in [-0.4, -0.2) is 23.0 Å². The van der Waals surface area contributed by atoms with Gasteiger partial charge in [-0.05, 0) is 6.92 Å². The molecule has 62 valence electrons. The van der Waals surface area contributed by atoms with Gasteiger partial charge in [-0.15, -0.1) is 0 Å². The van der Waals surface area contributed by atoms with Crippen LogP contribution in [0.3, 0.4) is 0 Å². The summed E-state index contributed by atoms with van der Waals surface area (Å²) < 4.78 is 15.0. The van der Waals surface area contributed by atoms with Crippen LogP contribution in [0.25, 0.3) is 0 Å². The second-order valence-corrected chi connectivity index (χ2v) is 2.83. The first-order chi connectivity index (χ1) is 4.98. The van der Waals surface area contributed by atoms with Crippen molar-refractivity contribution in [3.05, 3.63) is 0 Å². The number of aliphatic carboxylic acids is 1. The minimum absolute atomic E-state index is 0.788. The molecule has 0 aromatic carbocycles. The first-order valence-electron chi connectivity index (χ1n) is 3.31. The van der Waals surface area contributed by atoms with Crippen LogP contribution in [-0.2, 0) is 19.0 Å². The third-order valence-electron chi connectivity index (χ3n) is 1.88. The lowest BCUT2D eigenvalue weighted by molar-refractivity contribution is -0.794. The van der Waals surface area contributed by atoms with Gasteiger partial charge in [0.2, 0.25) is 0 Å². The van der Waals surface area contributed by atoms with Gasteiger partial charge in [-0.1, -0.05) is 0 Å². The molecule has 3 saturated heterocycles. The Bertz CT molecular complexity index is 203. The van der Waals surface area contributed by atoms with Gasteiger partial charge in [-0.25, -0.2) is 0 Å². The van der Waals surface area contributed by atoms with E-state index in [1.807, 2.05) is 0 Å². The highest BCUT2D eigenvalue weighted by molar-refractivity contribution is 5.70. The molecule has 5 heteroatoms. The first kappa shape index (κ1) is 7.02. The summed E-state index contributed by atoms with van der Waals surface area (Å²) in [5.74, 6) is -4.04.